The predicted molar refractivity (Wildman–Crippen MR) is 177 cm³/mol. The Kier molecular flexibility index (Phi) is 9.02. The monoisotopic (exact) mass is 556 g/mol. The maximum Gasteiger partial charge on any atom is 0.128 e. The van der Waals surface area contributed by atoms with E-state index in [0.717, 1.165) is 17.1 Å². The van der Waals surface area contributed by atoms with Crippen molar-refractivity contribution in [2.24, 2.45) is 5.92 Å². The first-order chi connectivity index (χ1) is 19.1. The molecular formula is C38H53OP. The number of allylic oxidation sites excluding steroid dienone is 4. The molecule has 0 saturated heterocycles. The van der Waals surface area contributed by atoms with Crippen molar-refractivity contribution in [2.45, 2.75) is 135 Å². The van der Waals surface area contributed by atoms with Crippen LogP contribution in [0, 0.1) is 19.8 Å². The quantitative estimate of drug-likeness (QED) is 0.322. The molecule has 0 spiro atoms. The van der Waals surface area contributed by atoms with Crippen molar-refractivity contribution in [3.63, 3.8) is 0 Å². The first-order valence-corrected chi connectivity index (χ1v) is 17.6. The van der Waals surface area contributed by atoms with Gasteiger partial charge in [-0.1, -0.05) is 109 Å². The third-order valence-corrected chi connectivity index (χ3v) is 13.5. The highest BCUT2D eigenvalue weighted by Gasteiger charge is 2.37. The smallest absolute Gasteiger partial charge is 0.128 e. The average Bonchev–Trinajstić information content (AvgIpc) is 2.92. The van der Waals surface area contributed by atoms with E-state index in [9.17, 15) is 0 Å². The van der Waals surface area contributed by atoms with Crippen molar-refractivity contribution in [3.8, 4) is 16.9 Å². The van der Waals surface area contributed by atoms with Crippen molar-refractivity contribution in [2.75, 3.05) is 0 Å². The van der Waals surface area contributed by atoms with E-state index in [1.165, 1.54) is 92.0 Å². The summed E-state index contributed by atoms with van der Waals surface area (Å²) in [5.74, 6) is 1.64. The number of rotatable bonds is 6. The molecule has 2 heteroatoms. The second kappa shape index (κ2) is 12.2. The van der Waals surface area contributed by atoms with Crippen LogP contribution in [0.15, 0.2) is 54.6 Å². The van der Waals surface area contributed by atoms with Crippen molar-refractivity contribution < 1.29 is 4.74 Å². The minimum absolute atomic E-state index is 0.0274. The van der Waals surface area contributed by atoms with Gasteiger partial charge in [0.25, 0.3) is 0 Å². The van der Waals surface area contributed by atoms with E-state index in [0.29, 0.717) is 5.92 Å². The Labute approximate surface area is 246 Å². The summed E-state index contributed by atoms with van der Waals surface area (Å²) in [6.45, 7) is 16.1. The average molecular weight is 557 g/mol. The van der Waals surface area contributed by atoms with E-state index < -0.39 is 0 Å². The van der Waals surface area contributed by atoms with Gasteiger partial charge >= 0.3 is 0 Å². The summed E-state index contributed by atoms with van der Waals surface area (Å²) >= 11 is 0. The summed E-state index contributed by atoms with van der Waals surface area (Å²) in [4.78, 5) is 0. The molecule has 1 nitrogen and oxygen atoms in total. The number of benzene rings is 2. The number of aryl methyl sites for hydroxylation is 2. The summed E-state index contributed by atoms with van der Waals surface area (Å²) in [6.07, 6.45) is 23.2. The molecule has 40 heavy (non-hydrogen) atoms. The highest BCUT2D eigenvalue weighted by atomic mass is 31.1. The number of ether oxygens (including phenoxy) is 1. The third kappa shape index (κ3) is 6.16. The molecule has 2 aromatic carbocycles. The number of hydrogen-bond acceptors (Lipinski definition) is 1. The van der Waals surface area contributed by atoms with Gasteiger partial charge in [0.2, 0.25) is 0 Å². The predicted octanol–water partition coefficient (Wildman–Crippen LogP) is 10.9. The molecule has 216 valence electrons. The summed E-state index contributed by atoms with van der Waals surface area (Å²) in [6, 6.07) is 12.0. The standard InChI is InChI=1S/C38H53OP/c1-27-25-30(38(7)24-15-14-17-29(38)3)26-28(2)35(27)33-22-16-23-34(39-37(4,5)6)36(33)40(31-18-10-8-11-19-31)32-20-12-9-13-21-32/h14-17,22-26,29,31-32H,8-13,18-21H2,1-7H3. The lowest BCUT2D eigenvalue weighted by molar-refractivity contribution is 0.132. The molecule has 0 amide bonds. The van der Waals surface area contributed by atoms with Crippen LogP contribution in [-0.2, 0) is 5.41 Å². The lowest BCUT2D eigenvalue weighted by atomic mass is 9.69. The van der Waals surface area contributed by atoms with Crippen LogP contribution in [0.1, 0.15) is 116 Å². The number of hydrogen-bond donors (Lipinski definition) is 0. The zero-order valence-corrected chi connectivity index (χ0v) is 27.2. The van der Waals surface area contributed by atoms with Crippen LogP contribution in [0.2, 0.25) is 0 Å². The highest BCUT2D eigenvalue weighted by molar-refractivity contribution is 7.67. The molecule has 0 heterocycles. The molecule has 2 atom stereocenters. The Hall–Kier alpha value is -1.85. The Balaban J connectivity index is 1.69. The molecule has 2 aromatic rings. The second-order valence-electron chi connectivity index (χ2n) is 14.2. The molecule has 2 fully saturated rings. The third-order valence-electron chi connectivity index (χ3n) is 9.93. The zero-order valence-electron chi connectivity index (χ0n) is 26.4. The van der Waals surface area contributed by atoms with Crippen LogP contribution < -0.4 is 10.0 Å². The Morgan fingerprint density at radius 1 is 0.825 bits per heavy atom. The summed E-state index contributed by atoms with van der Waals surface area (Å²) in [7, 11) is -0.318. The van der Waals surface area contributed by atoms with Gasteiger partial charge in [-0.3, -0.25) is 0 Å². The fraction of sp³-hybridized carbons (Fsp3) is 0.579. The van der Waals surface area contributed by atoms with Crippen molar-refractivity contribution in [1.29, 1.82) is 0 Å². The lowest BCUT2D eigenvalue weighted by Gasteiger charge is -2.41. The van der Waals surface area contributed by atoms with Crippen molar-refractivity contribution in [1.82, 2.24) is 0 Å². The second-order valence-corrected chi connectivity index (χ2v) is 16.9. The Bertz CT molecular complexity index is 1190. The van der Waals surface area contributed by atoms with E-state index >= 15 is 0 Å². The minimum atomic E-state index is -0.318. The highest BCUT2D eigenvalue weighted by Crippen LogP contribution is 2.58. The summed E-state index contributed by atoms with van der Waals surface area (Å²) in [5.41, 5.74) is 8.62. The first kappa shape index (κ1) is 29.6. The van der Waals surface area contributed by atoms with Gasteiger partial charge in [-0.2, -0.15) is 0 Å². The molecule has 5 rings (SSSR count). The zero-order chi connectivity index (χ0) is 28.5. The van der Waals surface area contributed by atoms with Gasteiger partial charge < -0.3 is 4.74 Å². The van der Waals surface area contributed by atoms with Gasteiger partial charge in [-0.05, 0) is 111 Å². The minimum Gasteiger partial charge on any atom is -0.487 e. The molecule has 0 aromatic heterocycles. The molecule has 3 aliphatic carbocycles. The molecular weight excluding hydrogens is 503 g/mol. The van der Waals surface area contributed by atoms with Gasteiger partial charge in [0.1, 0.15) is 11.4 Å². The van der Waals surface area contributed by atoms with Crippen LogP contribution >= 0.6 is 7.92 Å². The fourth-order valence-corrected chi connectivity index (χ4v) is 11.7. The van der Waals surface area contributed by atoms with Gasteiger partial charge in [-0.25, -0.2) is 0 Å². The van der Waals surface area contributed by atoms with Crippen LogP contribution in [0.4, 0.5) is 0 Å². The van der Waals surface area contributed by atoms with E-state index in [-0.39, 0.29) is 18.9 Å². The molecule has 0 radical (unpaired) electrons. The Morgan fingerprint density at radius 3 is 1.93 bits per heavy atom. The summed E-state index contributed by atoms with van der Waals surface area (Å²) < 4.78 is 6.89. The maximum absolute atomic E-state index is 6.89. The fourth-order valence-electron chi connectivity index (χ4n) is 7.68. The van der Waals surface area contributed by atoms with Crippen LogP contribution in [0.25, 0.3) is 11.1 Å². The van der Waals surface area contributed by atoms with Crippen LogP contribution in [0.3, 0.4) is 0 Å². The van der Waals surface area contributed by atoms with Crippen molar-refractivity contribution >= 4 is 13.2 Å². The molecule has 3 aliphatic rings. The lowest BCUT2D eigenvalue weighted by Crippen LogP contribution is -2.31. The van der Waals surface area contributed by atoms with E-state index in [4.69, 9.17) is 4.74 Å². The van der Waals surface area contributed by atoms with Gasteiger partial charge in [-0.15, -0.1) is 0 Å². The maximum atomic E-state index is 6.89. The van der Waals surface area contributed by atoms with Crippen LogP contribution in [0.5, 0.6) is 5.75 Å². The molecule has 2 saturated carbocycles. The van der Waals surface area contributed by atoms with E-state index in [1.807, 2.05) is 0 Å². The normalized spacial score (nSPS) is 24.6. The molecule has 2 unspecified atom stereocenters. The van der Waals surface area contributed by atoms with Gasteiger partial charge in [0, 0.05) is 10.7 Å². The molecule has 0 aliphatic heterocycles. The van der Waals surface area contributed by atoms with E-state index in [2.05, 4.69) is 103 Å². The Morgan fingerprint density at radius 2 is 1.40 bits per heavy atom. The SMILES string of the molecule is Cc1cc(C2(C)C=CC=CC2C)cc(C)c1-c1cccc(OC(C)(C)C)c1P(C1CCCCC1)C1CCCCC1. The van der Waals surface area contributed by atoms with Gasteiger partial charge in [0.15, 0.2) is 0 Å². The van der Waals surface area contributed by atoms with Gasteiger partial charge in [0.05, 0.1) is 0 Å². The topological polar surface area (TPSA) is 9.23 Å². The van der Waals surface area contributed by atoms with Crippen molar-refractivity contribution in [3.05, 3.63) is 71.3 Å². The first-order valence-electron chi connectivity index (χ1n) is 16.2. The summed E-state index contributed by atoms with van der Waals surface area (Å²) in [5, 5.41) is 1.59. The largest absolute Gasteiger partial charge is 0.487 e. The van der Waals surface area contributed by atoms with E-state index in [1.54, 1.807) is 5.30 Å². The molecule has 0 N–H and O–H groups in total. The molecule has 0 bridgehead atoms. The van der Waals surface area contributed by atoms with Crippen LogP contribution in [-0.4, -0.2) is 16.9 Å².